The Balaban J connectivity index is 1.70. The van der Waals surface area contributed by atoms with Crippen LogP contribution in [0.15, 0.2) is 0 Å². The molecule has 0 aromatic carbocycles. The van der Waals surface area contributed by atoms with E-state index in [2.05, 4.69) is 29.4 Å². The maximum Gasteiger partial charge on any atom is 0.238 e. The van der Waals surface area contributed by atoms with Gasteiger partial charge in [0.15, 0.2) is 0 Å². The van der Waals surface area contributed by atoms with E-state index in [0.717, 1.165) is 24.1 Å². The SMILES string of the molecule is CC1CCCN(C(C)CNC(=O)C2CSCN2)C1. The molecule has 2 rings (SSSR count). The Bertz CT molecular complexity index is 281. The number of rotatable bonds is 4. The summed E-state index contributed by atoms with van der Waals surface area (Å²) in [6.45, 7) is 7.66. The Kier molecular flexibility index (Phi) is 5.33. The molecule has 2 aliphatic rings. The van der Waals surface area contributed by atoms with Crippen molar-refractivity contribution in [3.63, 3.8) is 0 Å². The van der Waals surface area contributed by atoms with Crippen LogP contribution in [0.5, 0.6) is 0 Å². The zero-order valence-electron chi connectivity index (χ0n) is 11.4. The highest BCUT2D eigenvalue weighted by molar-refractivity contribution is 7.99. The van der Waals surface area contributed by atoms with E-state index in [1.54, 1.807) is 11.8 Å². The van der Waals surface area contributed by atoms with E-state index in [0.29, 0.717) is 6.04 Å². The molecule has 1 amide bonds. The number of hydrogen-bond acceptors (Lipinski definition) is 4. The standard InChI is InChI=1S/C13H25N3OS/c1-10-4-3-5-16(7-10)11(2)6-14-13(17)12-8-18-9-15-12/h10-12,15H,3-9H2,1-2H3,(H,14,17). The van der Waals surface area contributed by atoms with E-state index >= 15 is 0 Å². The van der Waals surface area contributed by atoms with E-state index in [1.165, 1.54) is 25.9 Å². The molecule has 2 N–H and O–H groups in total. The number of amides is 1. The minimum Gasteiger partial charge on any atom is -0.353 e. The van der Waals surface area contributed by atoms with Gasteiger partial charge in [0, 0.05) is 30.8 Å². The lowest BCUT2D eigenvalue weighted by Crippen LogP contribution is -2.49. The van der Waals surface area contributed by atoms with Crippen LogP contribution in [0.2, 0.25) is 0 Å². The predicted molar refractivity (Wildman–Crippen MR) is 76.7 cm³/mol. The molecule has 2 heterocycles. The van der Waals surface area contributed by atoms with Crippen LogP contribution in [0.4, 0.5) is 0 Å². The summed E-state index contributed by atoms with van der Waals surface area (Å²) in [5.41, 5.74) is 0. The van der Waals surface area contributed by atoms with Gasteiger partial charge in [0.1, 0.15) is 0 Å². The van der Waals surface area contributed by atoms with Crippen molar-refractivity contribution in [1.29, 1.82) is 0 Å². The fourth-order valence-corrected chi connectivity index (χ4v) is 3.63. The number of piperidine rings is 1. The molecule has 2 fully saturated rings. The second kappa shape index (κ2) is 6.78. The molecule has 104 valence electrons. The van der Waals surface area contributed by atoms with E-state index in [9.17, 15) is 4.79 Å². The minimum atomic E-state index is 0.0162. The summed E-state index contributed by atoms with van der Waals surface area (Å²) in [4.78, 5) is 14.4. The highest BCUT2D eigenvalue weighted by Crippen LogP contribution is 2.17. The number of likely N-dealkylation sites (tertiary alicyclic amines) is 1. The van der Waals surface area contributed by atoms with Crippen LogP contribution in [-0.2, 0) is 4.79 Å². The quantitative estimate of drug-likeness (QED) is 0.797. The first kappa shape index (κ1) is 14.2. The van der Waals surface area contributed by atoms with Gasteiger partial charge in [-0.2, -0.15) is 0 Å². The van der Waals surface area contributed by atoms with Crippen molar-refractivity contribution >= 4 is 17.7 Å². The van der Waals surface area contributed by atoms with Crippen molar-refractivity contribution in [2.24, 2.45) is 5.92 Å². The molecule has 3 atom stereocenters. The van der Waals surface area contributed by atoms with Crippen molar-refractivity contribution in [2.45, 2.75) is 38.8 Å². The fraction of sp³-hybridized carbons (Fsp3) is 0.923. The Morgan fingerprint density at radius 3 is 3.11 bits per heavy atom. The Labute approximate surface area is 114 Å². The van der Waals surface area contributed by atoms with Crippen molar-refractivity contribution in [3.05, 3.63) is 0 Å². The Morgan fingerprint density at radius 1 is 1.61 bits per heavy atom. The maximum absolute atomic E-state index is 11.9. The van der Waals surface area contributed by atoms with Gasteiger partial charge in [-0.15, -0.1) is 11.8 Å². The Morgan fingerprint density at radius 2 is 2.44 bits per heavy atom. The van der Waals surface area contributed by atoms with Crippen LogP contribution in [-0.4, -0.2) is 54.2 Å². The van der Waals surface area contributed by atoms with Gasteiger partial charge in [-0.05, 0) is 32.2 Å². The maximum atomic E-state index is 11.9. The minimum absolute atomic E-state index is 0.0162. The molecule has 2 saturated heterocycles. The first-order valence-corrected chi connectivity index (χ1v) is 8.15. The lowest BCUT2D eigenvalue weighted by Gasteiger charge is -2.35. The van der Waals surface area contributed by atoms with Crippen molar-refractivity contribution in [3.8, 4) is 0 Å². The molecular weight excluding hydrogens is 246 g/mol. The molecule has 5 heteroatoms. The van der Waals surface area contributed by atoms with Crippen LogP contribution in [0.1, 0.15) is 26.7 Å². The molecule has 0 saturated carbocycles. The lowest BCUT2D eigenvalue weighted by molar-refractivity contribution is -0.122. The Hall–Kier alpha value is -0.260. The molecule has 4 nitrogen and oxygen atoms in total. The summed E-state index contributed by atoms with van der Waals surface area (Å²) in [6, 6.07) is 0.466. The third-order valence-electron chi connectivity index (χ3n) is 3.92. The third kappa shape index (κ3) is 3.87. The topological polar surface area (TPSA) is 44.4 Å². The average Bonchev–Trinajstić information content (AvgIpc) is 2.89. The first-order chi connectivity index (χ1) is 8.66. The summed E-state index contributed by atoms with van der Waals surface area (Å²) in [5.74, 6) is 2.76. The highest BCUT2D eigenvalue weighted by Gasteiger charge is 2.24. The molecular formula is C13H25N3OS. The van der Waals surface area contributed by atoms with Crippen molar-refractivity contribution < 1.29 is 4.79 Å². The molecule has 0 aromatic heterocycles. The number of hydrogen-bond donors (Lipinski definition) is 2. The number of thioether (sulfide) groups is 1. The molecule has 2 aliphatic heterocycles. The molecule has 0 bridgehead atoms. The van der Waals surface area contributed by atoms with Crippen LogP contribution < -0.4 is 10.6 Å². The molecule has 3 unspecified atom stereocenters. The third-order valence-corrected chi connectivity index (χ3v) is 4.86. The summed E-state index contributed by atoms with van der Waals surface area (Å²) in [7, 11) is 0. The van der Waals surface area contributed by atoms with Gasteiger partial charge < -0.3 is 5.32 Å². The smallest absolute Gasteiger partial charge is 0.238 e. The van der Waals surface area contributed by atoms with Crippen LogP contribution in [0, 0.1) is 5.92 Å². The molecule has 0 aliphatic carbocycles. The summed E-state index contributed by atoms with van der Waals surface area (Å²) in [5, 5.41) is 6.28. The second-order valence-electron chi connectivity index (χ2n) is 5.61. The monoisotopic (exact) mass is 271 g/mol. The highest BCUT2D eigenvalue weighted by atomic mass is 32.2. The summed E-state index contributed by atoms with van der Waals surface area (Å²) in [6.07, 6.45) is 2.64. The van der Waals surface area contributed by atoms with Crippen molar-refractivity contribution in [2.75, 3.05) is 31.3 Å². The second-order valence-corrected chi connectivity index (χ2v) is 6.64. The van der Waals surface area contributed by atoms with E-state index in [-0.39, 0.29) is 11.9 Å². The van der Waals surface area contributed by atoms with Gasteiger partial charge in [0.2, 0.25) is 5.91 Å². The molecule has 0 radical (unpaired) electrons. The first-order valence-electron chi connectivity index (χ1n) is 6.99. The van der Waals surface area contributed by atoms with Crippen LogP contribution in [0.3, 0.4) is 0 Å². The molecule has 0 spiro atoms. The van der Waals surface area contributed by atoms with Gasteiger partial charge in [-0.25, -0.2) is 0 Å². The molecule has 18 heavy (non-hydrogen) atoms. The predicted octanol–water partition coefficient (Wildman–Crippen LogP) is 0.886. The van der Waals surface area contributed by atoms with E-state index < -0.39 is 0 Å². The van der Waals surface area contributed by atoms with Gasteiger partial charge >= 0.3 is 0 Å². The van der Waals surface area contributed by atoms with Gasteiger partial charge in [-0.1, -0.05) is 6.92 Å². The van der Waals surface area contributed by atoms with Crippen LogP contribution >= 0.6 is 11.8 Å². The lowest BCUT2D eigenvalue weighted by atomic mass is 9.99. The van der Waals surface area contributed by atoms with Gasteiger partial charge in [-0.3, -0.25) is 15.0 Å². The fourth-order valence-electron chi connectivity index (χ4n) is 2.69. The average molecular weight is 271 g/mol. The summed E-state index contributed by atoms with van der Waals surface area (Å²) >= 11 is 1.79. The number of nitrogens with one attached hydrogen (secondary N) is 2. The van der Waals surface area contributed by atoms with Gasteiger partial charge in [0.05, 0.1) is 6.04 Å². The van der Waals surface area contributed by atoms with Crippen molar-refractivity contribution in [1.82, 2.24) is 15.5 Å². The van der Waals surface area contributed by atoms with E-state index in [4.69, 9.17) is 0 Å². The normalized spacial score (nSPS) is 31.2. The molecule has 0 aromatic rings. The van der Waals surface area contributed by atoms with Gasteiger partial charge in [0.25, 0.3) is 0 Å². The zero-order valence-corrected chi connectivity index (χ0v) is 12.3. The zero-order chi connectivity index (χ0) is 13.0. The number of nitrogens with zero attached hydrogens (tertiary/aromatic N) is 1. The van der Waals surface area contributed by atoms with Crippen LogP contribution in [0.25, 0.3) is 0 Å². The summed E-state index contributed by atoms with van der Waals surface area (Å²) < 4.78 is 0. The number of carbonyl (C=O) groups is 1. The largest absolute Gasteiger partial charge is 0.353 e. The van der Waals surface area contributed by atoms with E-state index in [1.807, 2.05) is 0 Å². The number of carbonyl (C=O) groups excluding carboxylic acids is 1.